The van der Waals surface area contributed by atoms with Crippen LogP contribution < -0.4 is 10.2 Å². The van der Waals surface area contributed by atoms with Gasteiger partial charge in [0, 0.05) is 56.6 Å². The summed E-state index contributed by atoms with van der Waals surface area (Å²) in [5.74, 6) is 1.73. The molecular formula is C27H29N9. The summed E-state index contributed by atoms with van der Waals surface area (Å²) in [4.78, 5) is 23.4. The molecule has 0 aliphatic carbocycles. The predicted octanol–water partition coefficient (Wildman–Crippen LogP) is 3.90. The van der Waals surface area contributed by atoms with Crippen LogP contribution in [0.4, 0.5) is 11.6 Å². The van der Waals surface area contributed by atoms with Crippen molar-refractivity contribution in [3.8, 4) is 11.1 Å². The molecule has 1 aliphatic rings. The summed E-state index contributed by atoms with van der Waals surface area (Å²) in [5, 5.41) is 10.3. The van der Waals surface area contributed by atoms with Gasteiger partial charge < -0.3 is 15.1 Å². The van der Waals surface area contributed by atoms with Crippen LogP contribution in [0.15, 0.2) is 61.3 Å². The highest BCUT2D eigenvalue weighted by atomic mass is 15.3. The lowest BCUT2D eigenvalue weighted by atomic mass is 9.99. The zero-order valence-electron chi connectivity index (χ0n) is 20.8. The number of piperazine rings is 1. The Balaban J connectivity index is 1.46. The molecule has 0 saturated carbocycles. The molecular weight excluding hydrogens is 450 g/mol. The Hall–Kier alpha value is -4.11. The van der Waals surface area contributed by atoms with E-state index in [4.69, 9.17) is 4.98 Å². The second kappa shape index (κ2) is 9.16. The summed E-state index contributed by atoms with van der Waals surface area (Å²) < 4.78 is 1.84. The van der Waals surface area contributed by atoms with Crippen molar-refractivity contribution in [2.75, 3.05) is 43.4 Å². The van der Waals surface area contributed by atoms with Gasteiger partial charge in [0.05, 0.1) is 23.4 Å². The van der Waals surface area contributed by atoms with E-state index in [0.717, 1.165) is 65.2 Å². The first-order valence-electron chi connectivity index (χ1n) is 12.3. The molecule has 5 aromatic rings. The summed E-state index contributed by atoms with van der Waals surface area (Å²) in [6.07, 6.45) is 7.33. The van der Waals surface area contributed by atoms with E-state index in [2.05, 4.69) is 79.6 Å². The predicted molar refractivity (Wildman–Crippen MR) is 143 cm³/mol. The number of hydrogen-bond acceptors (Lipinski definition) is 8. The molecule has 1 saturated heterocycles. The molecule has 4 aromatic heterocycles. The average molecular weight is 480 g/mol. The summed E-state index contributed by atoms with van der Waals surface area (Å²) in [5.41, 5.74) is 4.78. The maximum atomic E-state index is 5.27. The van der Waals surface area contributed by atoms with Crippen molar-refractivity contribution >= 4 is 33.4 Å². The number of likely N-dealkylation sites (N-methyl/N-ethyl adjacent to an activating group) is 1. The zero-order chi connectivity index (χ0) is 24.6. The number of aromatic nitrogens is 6. The fraction of sp³-hybridized carbons (Fsp3) is 0.296. The van der Waals surface area contributed by atoms with Crippen LogP contribution in [0, 0.1) is 0 Å². The monoisotopic (exact) mass is 479 g/mol. The van der Waals surface area contributed by atoms with Crippen molar-refractivity contribution in [3.63, 3.8) is 0 Å². The molecule has 0 bridgehead atoms. The van der Waals surface area contributed by atoms with Crippen molar-refractivity contribution in [1.29, 1.82) is 0 Å². The van der Waals surface area contributed by atoms with Crippen LogP contribution in [-0.2, 0) is 7.05 Å². The molecule has 1 aromatic carbocycles. The molecule has 1 aliphatic heterocycles. The van der Waals surface area contributed by atoms with E-state index in [9.17, 15) is 0 Å². The number of nitrogens with zero attached hydrogens (tertiary/aromatic N) is 8. The standard InChI is InChI=1S/C27H29N9/c1-18(32-26-25-22(29-17-30-26)8-5-9-28-25)23-14-19-6-4-7-21(20-15-31-35(3)16-20)24(19)27(33-23)36-12-10-34(2)11-13-36/h4-9,14-18H,10-13H2,1-3H3,(H,29,30,32). The molecule has 0 spiro atoms. The molecule has 0 amide bonds. The Morgan fingerprint density at radius 2 is 1.83 bits per heavy atom. The third kappa shape index (κ3) is 4.11. The summed E-state index contributed by atoms with van der Waals surface area (Å²) in [6, 6.07) is 12.4. The minimum absolute atomic E-state index is 0.0808. The number of nitrogens with one attached hydrogen (secondary N) is 1. The largest absolute Gasteiger partial charge is 0.360 e. The molecule has 5 heterocycles. The number of aryl methyl sites for hydroxylation is 1. The van der Waals surface area contributed by atoms with Gasteiger partial charge in [-0.2, -0.15) is 5.10 Å². The van der Waals surface area contributed by atoms with Crippen LogP contribution in [0.1, 0.15) is 18.7 Å². The number of rotatable bonds is 5. The van der Waals surface area contributed by atoms with E-state index >= 15 is 0 Å². The molecule has 0 radical (unpaired) electrons. The van der Waals surface area contributed by atoms with E-state index in [-0.39, 0.29) is 6.04 Å². The zero-order valence-corrected chi connectivity index (χ0v) is 20.8. The van der Waals surface area contributed by atoms with Crippen molar-refractivity contribution in [2.24, 2.45) is 7.05 Å². The Labute approximate surface area is 209 Å². The van der Waals surface area contributed by atoms with Gasteiger partial charge in [0.2, 0.25) is 0 Å². The van der Waals surface area contributed by atoms with E-state index < -0.39 is 0 Å². The van der Waals surface area contributed by atoms with Gasteiger partial charge in [-0.1, -0.05) is 18.2 Å². The maximum Gasteiger partial charge on any atom is 0.156 e. The Morgan fingerprint density at radius 3 is 2.64 bits per heavy atom. The van der Waals surface area contributed by atoms with Gasteiger partial charge >= 0.3 is 0 Å². The molecule has 6 rings (SSSR count). The SMILES string of the molecule is CC(Nc1ncnc2cccnc12)c1cc2cccc(-c3cnn(C)c3)c2c(N2CCN(C)CC2)n1. The number of anilines is 2. The van der Waals surface area contributed by atoms with Crippen LogP contribution in [0.2, 0.25) is 0 Å². The number of benzene rings is 1. The van der Waals surface area contributed by atoms with Crippen molar-refractivity contribution in [3.05, 3.63) is 67.0 Å². The van der Waals surface area contributed by atoms with Crippen molar-refractivity contribution < 1.29 is 0 Å². The Bertz CT molecular complexity index is 1530. The van der Waals surface area contributed by atoms with E-state index in [1.165, 1.54) is 5.39 Å². The molecule has 9 nitrogen and oxygen atoms in total. The van der Waals surface area contributed by atoms with Crippen LogP contribution in [0.3, 0.4) is 0 Å². The minimum atomic E-state index is -0.0808. The molecule has 36 heavy (non-hydrogen) atoms. The van der Waals surface area contributed by atoms with Crippen molar-refractivity contribution in [1.82, 2.24) is 34.6 Å². The molecule has 182 valence electrons. The lowest BCUT2D eigenvalue weighted by Crippen LogP contribution is -2.45. The lowest BCUT2D eigenvalue weighted by molar-refractivity contribution is 0.312. The molecule has 9 heteroatoms. The van der Waals surface area contributed by atoms with Gasteiger partial charge in [-0.05, 0) is 43.1 Å². The third-order valence-electron chi connectivity index (χ3n) is 6.87. The first-order chi connectivity index (χ1) is 17.6. The first-order valence-corrected chi connectivity index (χ1v) is 12.3. The second-order valence-electron chi connectivity index (χ2n) is 9.43. The lowest BCUT2D eigenvalue weighted by Gasteiger charge is -2.34. The van der Waals surface area contributed by atoms with Crippen molar-refractivity contribution in [2.45, 2.75) is 13.0 Å². The van der Waals surface area contributed by atoms with Gasteiger partial charge in [0.25, 0.3) is 0 Å². The van der Waals surface area contributed by atoms with Gasteiger partial charge in [0.15, 0.2) is 5.82 Å². The summed E-state index contributed by atoms with van der Waals surface area (Å²) in [6.45, 7) is 6.00. The van der Waals surface area contributed by atoms with Gasteiger partial charge in [-0.25, -0.2) is 15.0 Å². The van der Waals surface area contributed by atoms with E-state index in [0.29, 0.717) is 5.82 Å². The molecule has 1 unspecified atom stereocenters. The maximum absolute atomic E-state index is 5.27. The molecule has 1 atom stereocenters. The Morgan fingerprint density at radius 1 is 0.972 bits per heavy atom. The highest BCUT2D eigenvalue weighted by Crippen LogP contribution is 2.37. The smallest absolute Gasteiger partial charge is 0.156 e. The number of pyridine rings is 2. The van der Waals surface area contributed by atoms with Gasteiger partial charge in [-0.15, -0.1) is 0 Å². The van der Waals surface area contributed by atoms with Crippen LogP contribution in [0.25, 0.3) is 32.9 Å². The fourth-order valence-corrected chi connectivity index (χ4v) is 4.86. The average Bonchev–Trinajstić information content (AvgIpc) is 3.34. The van der Waals surface area contributed by atoms with Gasteiger partial charge in [0.1, 0.15) is 17.7 Å². The van der Waals surface area contributed by atoms with Crippen LogP contribution >= 0.6 is 0 Å². The normalized spacial score (nSPS) is 15.5. The third-order valence-corrected chi connectivity index (χ3v) is 6.87. The first kappa shape index (κ1) is 22.4. The number of fused-ring (bicyclic) bond motifs is 2. The molecule has 1 fully saturated rings. The quantitative estimate of drug-likeness (QED) is 0.406. The minimum Gasteiger partial charge on any atom is -0.360 e. The fourth-order valence-electron chi connectivity index (χ4n) is 4.86. The topological polar surface area (TPSA) is 87.9 Å². The Kier molecular flexibility index (Phi) is 5.69. The summed E-state index contributed by atoms with van der Waals surface area (Å²) in [7, 11) is 4.12. The number of hydrogen-bond donors (Lipinski definition) is 1. The highest BCUT2D eigenvalue weighted by molar-refractivity contribution is 6.04. The summed E-state index contributed by atoms with van der Waals surface area (Å²) >= 11 is 0. The van der Waals surface area contributed by atoms with E-state index in [1.54, 1.807) is 12.5 Å². The highest BCUT2D eigenvalue weighted by Gasteiger charge is 2.22. The van der Waals surface area contributed by atoms with E-state index in [1.807, 2.05) is 30.1 Å². The van der Waals surface area contributed by atoms with Gasteiger partial charge in [-0.3, -0.25) is 9.67 Å². The van der Waals surface area contributed by atoms with Crippen LogP contribution in [0.5, 0.6) is 0 Å². The second-order valence-corrected chi connectivity index (χ2v) is 9.43. The molecule has 1 N–H and O–H groups in total. The van der Waals surface area contributed by atoms with Crippen LogP contribution in [-0.4, -0.2) is 67.8 Å².